The number of rotatable bonds is 2. The van der Waals surface area contributed by atoms with Gasteiger partial charge in [-0.3, -0.25) is 0 Å². The fraction of sp³-hybridized carbons (Fsp3) is 0.0769. The Hall–Kier alpha value is -1.31. The van der Waals surface area contributed by atoms with Crippen LogP contribution in [0.25, 0.3) is 10.8 Å². The van der Waals surface area contributed by atoms with E-state index in [1.54, 1.807) is 6.08 Å². The largest absolute Gasteiger partial charge is 0.321 e. The van der Waals surface area contributed by atoms with Crippen molar-refractivity contribution in [2.45, 2.75) is 6.04 Å². The minimum Gasteiger partial charge on any atom is -0.321 e. The molecule has 0 spiro atoms. The Balaban J connectivity index is 0.00000112. The molecule has 0 radical (unpaired) electrons. The van der Waals surface area contributed by atoms with Crippen LogP contribution in [0.3, 0.4) is 0 Å². The molecule has 0 aliphatic carbocycles. The molecule has 0 aliphatic heterocycles. The van der Waals surface area contributed by atoms with Crippen LogP contribution in [0, 0.1) is 0 Å². The van der Waals surface area contributed by atoms with Crippen LogP contribution in [-0.2, 0) is 0 Å². The smallest absolute Gasteiger partial charge is 0.0478 e. The first-order valence-corrected chi connectivity index (χ1v) is 4.68. The zero-order valence-corrected chi connectivity index (χ0v) is 9.21. The summed E-state index contributed by atoms with van der Waals surface area (Å²) in [6.45, 7) is 3.69. The summed E-state index contributed by atoms with van der Waals surface area (Å²) >= 11 is 0. The highest BCUT2D eigenvalue weighted by Gasteiger charge is 2.01. The summed E-state index contributed by atoms with van der Waals surface area (Å²) < 4.78 is 0. The predicted molar refractivity (Wildman–Crippen MR) is 68.3 cm³/mol. The summed E-state index contributed by atoms with van der Waals surface area (Å²) in [5, 5.41) is 2.47. The third kappa shape index (κ3) is 2.38. The molecule has 0 heterocycles. The maximum Gasteiger partial charge on any atom is 0.0478 e. The minimum atomic E-state index is -0.0698. The molecule has 0 bridgehead atoms. The molecule has 0 aromatic heterocycles. The van der Waals surface area contributed by atoms with Crippen LogP contribution in [0.15, 0.2) is 55.1 Å². The van der Waals surface area contributed by atoms with Crippen molar-refractivity contribution in [2.75, 3.05) is 0 Å². The van der Waals surface area contributed by atoms with Crippen molar-refractivity contribution in [3.05, 3.63) is 60.7 Å². The van der Waals surface area contributed by atoms with E-state index in [1.807, 2.05) is 12.1 Å². The summed E-state index contributed by atoms with van der Waals surface area (Å²) in [4.78, 5) is 0. The van der Waals surface area contributed by atoms with Gasteiger partial charge in [-0.1, -0.05) is 42.5 Å². The van der Waals surface area contributed by atoms with Gasteiger partial charge in [0.25, 0.3) is 0 Å². The highest BCUT2D eigenvalue weighted by molar-refractivity contribution is 5.85. The summed E-state index contributed by atoms with van der Waals surface area (Å²) in [6, 6.07) is 14.4. The second-order valence-electron chi connectivity index (χ2n) is 3.37. The molecule has 2 rings (SSSR count). The molecule has 2 aromatic rings. The van der Waals surface area contributed by atoms with Gasteiger partial charge in [0.1, 0.15) is 0 Å². The lowest BCUT2D eigenvalue weighted by Crippen LogP contribution is -2.05. The second kappa shape index (κ2) is 4.96. The SMILES string of the molecule is C=C[C@@H](N)c1ccc2ccccc2c1.Cl. The van der Waals surface area contributed by atoms with Crippen LogP contribution >= 0.6 is 12.4 Å². The van der Waals surface area contributed by atoms with Crippen LogP contribution < -0.4 is 5.73 Å². The molecular weight excluding hydrogens is 206 g/mol. The summed E-state index contributed by atoms with van der Waals surface area (Å²) in [5.74, 6) is 0. The highest BCUT2D eigenvalue weighted by atomic mass is 35.5. The highest BCUT2D eigenvalue weighted by Crippen LogP contribution is 2.19. The van der Waals surface area contributed by atoms with E-state index >= 15 is 0 Å². The fourth-order valence-electron chi connectivity index (χ4n) is 1.55. The van der Waals surface area contributed by atoms with Gasteiger partial charge in [0, 0.05) is 6.04 Å². The summed E-state index contributed by atoms with van der Waals surface area (Å²) in [7, 11) is 0. The fourth-order valence-corrected chi connectivity index (χ4v) is 1.55. The number of nitrogens with two attached hydrogens (primary N) is 1. The predicted octanol–water partition coefficient (Wildman–Crippen LogP) is 3.45. The van der Waals surface area contributed by atoms with Crippen LogP contribution in [0.4, 0.5) is 0 Å². The molecule has 15 heavy (non-hydrogen) atoms. The number of hydrogen-bond acceptors (Lipinski definition) is 1. The standard InChI is InChI=1S/C13H13N.ClH/c1-2-13(14)12-8-7-10-5-3-4-6-11(10)9-12;/h2-9,13H,1,14H2;1H/t13-;/m1./s1. The topological polar surface area (TPSA) is 26.0 Å². The second-order valence-corrected chi connectivity index (χ2v) is 3.37. The van der Waals surface area contributed by atoms with Gasteiger partial charge >= 0.3 is 0 Å². The molecule has 0 aliphatic rings. The van der Waals surface area contributed by atoms with Gasteiger partial charge in [0.05, 0.1) is 0 Å². The Bertz CT molecular complexity index is 465. The van der Waals surface area contributed by atoms with E-state index in [0.717, 1.165) is 5.56 Å². The lowest BCUT2D eigenvalue weighted by atomic mass is 10.0. The maximum atomic E-state index is 5.87. The van der Waals surface area contributed by atoms with Crippen LogP contribution in [0.5, 0.6) is 0 Å². The van der Waals surface area contributed by atoms with Gasteiger partial charge in [-0.25, -0.2) is 0 Å². The number of hydrogen-bond donors (Lipinski definition) is 1. The Morgan fingerprint density at radius 1 is 1.07 bits per heavy atom. The van der Waals surface area contributed by atoms with Crippen LogP contribution in [0.1, 0.15) is 11.6 Å². The van der Waals surface area contributed by atoms with Gasteiger partial charge in [-0.15, -0.1) is 19.0 Å². The lowest BCUT2D eigenvalue weighted by molar-refractivity contribution is 0.917. The average Bonchev–Trinajstić information content (AvgIpc) is 2.27. The van der Waals surface area contributed by atoms with Crippen molar-refractivity contribution in [3.8, 4) is 0 Å². The maximum absolute atomic E-state index is 5.87. The molecule has 0 amide bonds. The third-order valence-corrected chi connectivity index (χ3v) is 2.41. The molecule has 2 heteroatoms. The molecule has 2 aromatic carbocycles. The molecule has 0 saturated heterocycles. The van der Waals surface area contributed by atoms with Gasteiger partial charge < -0.3 is 5.73 Å². The molecular formula is C13H14ClN. The minimum absolute atomic E-state index is 0. The van der Waals surface area contributed by atoms with E-state index in [4.69, 9.17) is 5.73 Å². The number of fused-ring (bicyclic) bond motifs is 1. The van der Waals surface area contributed by atoms with Gasteiger partial charge in [0.2, 0.25) is 0 Å². The van der Waals surface area contributed by atoms with Crippen molar-refractivity contribution in [1.82, 2.24) is 0 Å². The van der Waals surface area contributed by atoms with E-state index in [-0.39, 0.29) is 18.4 Å². The molecule has 0 fully saturated rings. The Kier molecular flexibility index (Phi) is 3.89. The van der Waals surface area contributed by atoms with E-state index in [1.165, 1.54) is 10.8 Å². The molecule has 78 valence electrons. The molecule has 0 saturated carbocycles. The average molecular weight is 220 g/mol. The lowest BCUT2D eigenvalue weighted by Gasteiger charge is -2.07. The molecule has 2 N–H and O–H groups in total. The zero-order chi connectivity index (χ0) is 9.97. The van der Waals surface area contributed by atoms with Gasteiger partial charge in [-0.2, -0.15) is 0 Å². The van der Waals surface area contributed by atoms with Crippen LogP contribution in [0.2, 0.25) is 0 Å². The monoisotopic (exact) mass is 219 g/mol. The Morgan fingerprint density at radius 2 is 1.73 bits per heavy atom. The molecule has 0 unspecified atom stereocenters. The molecule has 1 nitrogen and oxygen atoms in total. The number of halogens is 1. The first-order chi connectivity index (χ1) is 6.81. The Labute approximate surface area is 96.0 Å². The quantitative estimate of drug-likeness (QED) is 0.770. The van der Waals surface area contributed by atoms with Gasteiger partial charge in [-0.05, 0) is 22.4 Å². The summed E-state index contributed by atoms with van der Waals surface area (Å²) in [5.41, 5.74) is 6.98. The van der Waals surface area contributed by atoms with Crippen molar-refractivity contribution >= 4 is 23.2 Å². The van der Waals surface area contributed by atoms with Gasteiger partial charge in [0.15, 0.2) is 0 Å². The van der Waals surface area contributed by atoms with E-state index < -0.39 is 0 Å². The zero-order valence-electron chi connectivity index (χ0n) is 8.39. The summed E-state index contributed by atoms with van der Waals surface area (Å²) in [6.07, 6.45) is 1.75. The number of benzene rings is 2. The molecule has 1 atom stereocenters. The van der Waals surface area contributed by atoms with Crippen molar-refractivity contribution in [1.29, 1.82) is 0 Å². The Morgan fingerprint density at radius 3 is 2.40 bits per heavy atom. The third-order valence-electron chi connectivity index (χ3n) is 2.41. The van der Waals surface area contributed by atoms with Crippen molar-refractivity contribution < 1.29 is 0 Å². The van der Waals surface area contributed by atoms with E-state index in [9.17, 15) is 0 Å². The van der Waals surface area contributed by atoms with E-state index in [2.05, 4.69) is 36.9 Å². The first-order valence-electron chi connectivity index (χ1n) is 4.68. The normalized spacial score (nSPS) is 11.8. The van der Waals surface area contributed by atoms with Crippen LogP contribution in [-0.4, -0.2) is 0 Å². The van der Waals surface area contributed by atoms with Crippen molar-refractivity contribution in [2.24, 2.45) is 5.73 Å². The first kappa shape index (κ1) is 11.8. The van der Waals surface area contributed by atoms with Crippen molar-refractivity contribution in [3.63, 3.8) is 0 Å². The van der Waals surface area contributed by atoms with E-state index in [0.29, 0.717) is 0 Å².